The third-order valence-corrected chi connectivity index (χ3v) is 4.17. The largest absolute Gasteiger partial charge is 0.378 e. The van der Waals surface area contributed by atoms with Gasteiger partial charge in [-0.1, -0.05) is 27.7 Å². The Bertz CT molecular complexity index is 215. The minimum absolute atomic E-state index is 0.533. The summed E-state index contributed by atoms with van der Waals surface area (Å²) in [6, 6.07) is 0. The van der Waals surface area contributed by atoms with Crippen molar-refractivity contribution in [1.29, 1.82) is 0 Å². The van der Waals surface area contributed by atoms with Crippen molar-refractivity contribution >= 4 is 0 Å². The van der Waals surface area contributed by atoms with Crippen molar-refractivity contribution in [2.24, 2.45) is 11.8 Å². The van der Waals surface area contributed by atoms with Crippen LogP contribution in [-0.4, -0.2) is 37.2 Å². The summed E-state index contributed by atoms with van der Waals surface area (Å²) in [5.41, 5.74) is 0. The fourth-order valence-corrected chi connectivity index (χ4v) is 3.01. The monoisotopic (exact) mass is 283 g/mol. The van der Waals surface area contributed by atoms with E-state index < -0.39 is 0 Å². The van der Waals surface area contributed by atoms with Gasteiger partial charge >= 0.3 is 0 Å². The van der Waals surface area contributed by atoms with Crippen LogP contribution in [0.1, 0.15) is 72.6 Å². The molecule has 20 heavy (non-hydrogen) atoms. The maximum atomic E-state index is 6.10. The van der Waals surface area contributed by atoms with Crippen LogP contribution in [0.3, 0.4) is 0 Å². The predicted octanol–water partition coefficient (Wildman–Crippen LogP) is 4.73. The molecule has 120 valence electrons. The van der Waals surface area contributed by atoms with Crippen molar-refractivity contribution in [2.45, 2.75) is 78.7 Å². The summed E-state index contributed by atoms with van der Waals surface area (Å²) in [4.78, 5) is 2.67. The number of rotatable bonds is 6. The van der Waals surface area contributed by atoms with E-state index in [1.807, 2.05) is 0 Å². The highest BCUT2D eigenvalue weighted by molar-refractivity contribution is 4.67. The summed E-state index contributed by atoms with van der Waals surface area (Å²) in [6.07, 6.45) is 9.64. The van der Waals surface area contributed by atoms with E-state index >= 15 is 0 Å². The molecule has 0 unspecified atom stereocenters. The Hall–Kier alpha value is -0.0800. The number of nitrogens with zero attached hydrogens (tertiary/aromatic N) is 1. The third kappa shape index (κ3) is 8.97. The Morgan fingerprint density at radius 1 is 0.900 bits per heavy atom. The lowest BCUT2D eigenvalue weighted by atomic mass is 10.0. The maximum Gasteiger partial charge on any atom is 0.0575 e. The van der Waals surface area contributed by atoms with E-state index in [0.29, 0.717) is 6.10 Å². The van der Waals surface area contributed by atoms with E-state index in [1.165, 1.54) is 64.6 Å². The van der Waals surface area contributed by atoms with E-state index in [2.05, 4.69) is 32.6 Å². The first-order chi connectivity index (χ1) is 9.58. The summed E-state index contributed by atoms with van der Waals surface area (Å²) in [5, 5.41) is 0. The second-order valence-electron chi connectivity index (χ2n) is 7.36. The van der Waals surface area contributed by atoms with Gasteiger partial charge in [-0.05, 0) is 69.9 Å². The van der Waals surface area contributed by atoms with Crippen LogP contribution in [0.2, 0.25) is 0 Å². The van der Waals surface area contributed by atoms with Gasteiger partial charge in [0.05, 0.1) is 6.10 Å². The van der Waals surface area contributed by atoms with Crippen LogP contribution in [0.4, 0.5) is 0 Å². The van der Waals surface area contributed by atoms with E-state index in [0.717, 1.165) is 18.4 Å². The first kappa shape index (κ1) is 18.0. The summed E-state index contributed by atoms with van der Waals surface area (Å²) in [5.74, 6) is 1.56. The normalized spacial score (nSPS) is 20.7. The van der Waals surface area contributed by atoms with Gasteiger partial charge in [0.25, 0.3) is 0 Å². The molecule has 0 aromatic rings. The molecule has 0 saturated carbocycles. The van der Waals surface area contributed by atoms with E-state index in [4.69, 9.17) is 4.74 Å². The van der Waals surface area contributed by atoms with E-state index in [9.17, 15) is 0 Å². The lowest BCUT2D eigenvalue weighted by Crippen LogP contribution is -2.31. The zero-order chi connectivity index (χ0) is 14.8. The molecule has 0 spiro atoms. The van der Waals surface area contributed by atoms with Gasteiger partial charge in [0.1, 0.15) is 0 Å². The average Bonchev–Trinajstić information content (AvgIpc) is 2.37. The second kappa shape index (κ2) is 10.6. The average molecular weight is 284 g/mol. The van der Waals surface area contributed by atoms with Gasteiger partial charge in [-0.2, -0.15) is 0 Å². The van der Waals surface area contributed by atoms with Crippen LogP contribution in [0, 0.1) is 11.8 Å². The highest BCUT2D eigenvalue weighted by Crippen LogP contribution is 2.17. The molecule has 0 aliphatic carbocycles. The first-order valence-corrected chi connectivity index (χ1v) is 8.92. The smallest absolute Gasteiger partial charge is 0.0575 e. The molecule has 1 fully saturated rings. The van der Waals surface area contributed by atoms with E-state index in [1.54, 1.807) is 0 Å². The molecule has 0 bridgehead atoms. The molecule has 1 heterocycles. The lowest BCUT2D eigenvalue weighted by molar-refractivity contribution is 0.0296. The molecule has 0 N–H and O–H groups in total. The van der Waals surface area contributed by atoms with Gasteiger partial charge in [0.15, 0.2) is 0 Å². The fraction of sp³-hybridized carbons (Fsp3) is 1.00. The number of ether oxygens (including phenoxy) is 1. The number of hydrogen-bond donors (Lipinski definition) is 0. The summed E-state index contributed by atoms with van der Waals surface area (Å²) >= 11 is 0. The molecular formula is C18H37NO. The highest BCUT2D eigenvalue weighted by atomic mass is 16.5. The van der Waals surface area contributed by atoms with Crippen LogP contribution in [0.15, 0.2) is 0 Å². The molecule has 0 radical (unpaired) electrons. The summed E-state index contributed by atoms with van der Waals surface area (Å²) < 4.78 is 6.10. The molecule has 0 aromatic heterocycles. The van der Waals surface area contributed by atoms with Crippen LogP contribution in [-0.2, 0) is 4.74 Å². The Balaban J connectivity index is 2.24. The first-order valence-electron chi connectivity index (χ1n) is 8.92. The molecule has 2 nitrogen and oxygen atoms in total. The van der Waals surface area contributed by atoms with Gasteiger partial charge in [0.2, 0.25) is 0 Å². The quantitative estimate of drug-likeness (QED) is 0.698. The van der Waals surface area contributed by atoms with Gasteiger partial charge < -0.3 is 9.64 Å². The Morgan fingerprint density at radius 3 is 2.00 bits per heavy atom. The van der Waals surface area contributed by atoms with Crippen LogP contribution < -0.4 is 0 Å². The fourth-order valence-electron chi connectivity index (χ4n) is 3.01. The minimum atomic E-state index is 0.533. The maximum absolute atomic E-state index is 6.10. The van der Waals surface area contributed by atoms with Gasteiger partial charge in [-0.3, -0.25) is 0 Å². The SMILES string of the molecule is CC(C)CCOC1CCCCN(CC(C)C)CCCC1. The molecule has 0 amide bonds. The van der Waals surface area contributed by atoms with E-state index in [-0.39, 0.29) is 0 Å². The third-order valence-electron chi connectivity index (χ3n) is 4.17. The van der Waals surface area contributed by atoms with Crippen molar-refractivity contribution in [1.82, 2.24) is 4.90 Å². The Kier molecular flexibility index (Phi) is 9.54. The predicted molar refractivity (Wildman–Crippen MR) is 88.2 cm³/mol. The highest BCUT2D eigenvalue weighted by Gasteiger charge is 2.13. The summed E-state index contributed by atoms with van der Waals surface area (Å²) in [6.45, 7) is 14.0. The Morgan fingerprint density at radius 2 is 1.50 bits per heavy atom. The zero-order valence-electron chi connectivity index (χ0n) is 14.4. The van der Waals surface area contributed by atoms with Crippen molar-refractivity contribution in [3.8, 4) is 0 Å². The Labute approximate surface area is 127 Å². The van der Waals surface area contributed by atoms with Crippen LogP contribution >= 0.6 is 0 Å². The molecule has 0 atom stereocenters. The minimum Gasteiger partial charge on any atom is -0.378 e. The van der Waals surface area contributed by atoms with Crippen molar-refractivity contribution in [3.05, 3.63) is 0 Å². The van der Waals surface area contributed by atoms with Crippen LogP contribution in [0.25, 0.3) is 0 Å². The van der Waals surface area contributed by atoms with Crippen LogP contribution in [0.5, 0.6) is 0 Å². The molecule has 1 aliphatic heterocycles. The van der Waals surface area contributed by atoms with Gasteiger partial charge in [-0.15, -0.1) is 0 Å². The van der Waals surface area contributed by atoms with Crippen molar-refractivity contribution in [3.63, 3.8) is 0 Å². The topological polar surface area (TPSA) is 12.5 Å². The van der Waals surface area contributed by atoms with Gasteiger partial charge in [0, 0.05) is 13.2 Å². The summed E-state index contributed by atoms with van der Waals surface area (Å²) in [7, 11) is 0. The molecule has 1 rings (SSSR count). The molecular weight excluding hydrogens is 246 g/mol. The standard InChI is InChI=1S/C18H37NO/c1-16(2)11-14-20-18-9-5-7-12-19(15-17(3)4)13-8-6-10-18/h16-18H,5-15H2,1-4H3. The van der Waals surface area contributed by atoms with Crippen molar-refractivity contribution in [2.75, 3.05) is 26.2 Å². The second-order valence-corrected chi connectivity index (χ2v) is 7.36. The van der Waals surface area contributed by atoms with Crippen molar-refractivity contribution < 1.29 is 4.74 Å². The molecule has 1 aliphatic rings. The zero-order valence-corrected chi connectivity index (χ0v) is 14.4. The lowest BCUT2D eigenvalue weighted by Gasteiger charge is -2.27. The molecule has 1 saturated heterocycles. The number of hydrogen-bond acceptors (Lipinski definition) is 2. The van der Waals surface area contributed by atoms with Gasteiger partial charge in [-0.25, -0.2) is 0 Å². The molecule has 0 aromatic carbocycles. The molecule has 2 heteroatoms.